The molecule has 1 fully saturated rings. The molecule has 0 atom stereocenters. The summed E-state index contributed by atoms with van der Waals surface area (Å²) < 4.78 is 0. The van der Waals surface area contributed by atoms with Crippen molar-refractivity contribution in [1.29, 1.82) is 0 Å². The van der Waals surface area contributed by atoms with Crippen molar-refractivity contribution in [2.45, 2.75) is 40.0 Å². The predicted molar refractivity (Wildman–Crippen MR) is 83.6 cm³/mol. The number of hydrogen-bond acceptors (Lipinski definition) is 5. The Balaban J connectivity index is 2.19. The lowest BCUT2D eigenvalue weighted by Crippen LogP contribution is -2.34. The van der Waals surface area contributed by atoms with Crippen molar-refractivity contribution in [2.75, 3.05) is 36.0 Å². The van der Waals surface area contributed by atoms with Crippen molar-refractivity contribution in [1.82, 2.24) is 15.0 Å². The van der Waals surface area contributed by atoms with Crippen molar-refractivity contribution >= 4 is 23.5 Å². The van der Waals surface area contributed by atoms with Gasteiger partial charge in [0, 0.05) is 26.2 Å². The van der Waals surface area contributed by atoms with Crippen LogP contribution in [-0.2, 0) is 0 Å². The van der Waals surface area contributed by atoms with E-state index in [4.69, 9.17) is 11.6 Å². The topological polar surface area (TPSA) is 45.2 Å². The summed E-state index contributed by atoms with van der Waals surface area (Å²) in [5.41, 5.74) is 0. The fourth-order valence-corrected chi connectivity index (χ4v) is 2.61. The lowest BCUT2D eigenvalue weighted by molar-refractivity contribution is 0.317. The SMILES string of the molecule is CCN(CC)c1nc(Cl)nc(N(CC)CC2CCC2)n1. The van der Waals surface area contributed by atoms with Crippen LogP contribution in [0.4, 0.5) is 11.9 Å². The molecule has 20 heavy (non-hydrogen) atoms. The molecule has 1 aliphatic rings. The molecule has 0 spiro atoms. The summed E-state index contributed by atoms with van der Waals surface area (Å²) in [6.07, 6.45) is 3.99. The first kappa shape index (κ1) is 15.3. The van der Waals surface area contributed by atoms with Gasteiger partial charge in [-0.15, -0.1) is 0 Å². The molecule has 0 radical (unpaired) electrons. The monoisotopic (exact) mass is 297 g/mol. The molecule has 1 aromatic heterocycles. The molecule has 0 N–H and O–H groups in total. The summed E-state index contributed by atoms with van der Waals surface area (Å²) in [7, 11) is 0. The zero-order valence-electron chi connectivity index (χ0n) is 12.6. The Hall–Kier alpha value is -1.10. The minimum atomic E-state index is 0.281. The van der Waals surface area contributed by atoms with E-state index in [2.05, 4.69) is 45.5 Å². The van der Waals surface area contributed by atoms with E-state index < -0.39 is 0 Å². The highest BCUT2D eigenvalue weighted by atomic mass is 35.5. The van der Waals surface area contributed by atoms with Gasteiger partial charge in [-0.25, -0.2) is 0 Å². The number of aromatic nitrogens is 3. The third kappa shape index (κ3) is 3.51. The molecular weight excluding hydrogens is 274 g/mol. The molecule has 0 aliphatic heterocycles. The minimum Gasteiger partial charge on any atom is -0.341 e. The van der Waals surface area contributed by atoms with Crippen LogP contribution in [0.3, 0.4) is 0 Å². The van der Waals surface area contributed by atoms with Gasteiger partial charge in [0.05, 0.1) is 0 Å². The summed E-state index contributed by atoms with van der Waals surface area (Å²) >= 11 is 6.08. The van der Waals surface area contributed by atoms with Crippen molar-refractivity contribution in [3.8, 4) is 0 Å². The van der Waals surface area contributed by atoms with Crippen LogP contribution in [0.25, 0.3) is 0 Å². The fourth-order valence-electron chi connectivity index (χ4n) is 2.46. The standard InChI is InChI=1S/C14H24ClN5/c1-4-19(5-2)13-16-12(15)17-14(18-13)20(6-3)10-11-8-7-9-11/h11H,4-10H2,1-3H3. The van der Waals surface area contributed by atoms with Crippen molar-refractivity contribution < 1.29 is 0 Å². The minimum absolute atomic E-state index is 0.281. The second kappa shape index (κ2) is 7.07. The van der Waals surface area contributed by atoms with E-state index in [0.717, 1.165) is 32.1 Å². The zero-order chi connectivity index (χ0) is 14.5. The van der Waals surface area contributed by atoms with Crippen LogP contribution in [0.5, 0.6) is 0 Å². The van der Waals surface area contributed by atoms with Crippen LogP contribution in [0, 0.1) is 5.92 Å². The molecular formula is C14H24ClN5. The molecule has 6 heteroatoms. The molecule has 0 amide bonds. The third-order valence-corrected chi connectivity index (χ3v) is 4.17. The number of rotatable bonds is 7. The maximum absolute atomic E-state index is 6.08. The zero-order valence-corrected chi connectivity index (χ0v) is 13.4. The van der Waals surface area contributed by atoms with E-state index in [1.807, 2.05) is 0 Å². The molecule has 1 aliphatic carbocycles. The number of anilines is 2. The predicted octanol–water partition coefficient (Wildman–Crippen LogP) is 3.00. The van der Waals surface area contributed by atoms with E-state index in [1.54, 1.807) is 0 Å². The quantitative estimate of drug-likeness (QED) is 0.774. The van der Waals surface area contributed by atoms with E-state index in [0.29, 0.717) is 11.9 Å². The molecule has 2 rings (SSSR count). The van der Waals surface area contributed by atoms with Crippen LogP contribution in [0.15, 0.2) is 0 Å². The van der Waals surface area contributed by atoms with Gasteiger partial charge in [-0.3, -0.25) is 0 Å². The number of nitrogens with zero attached hydrogens (tertiary/aromatic N) is 5. The second-order valence-electron chi connectivity index (χ2n) is 5.21. The van der Waals surface area contributed by atoms with Gasteiger partial charge in [0.15, 0.2) is 0 Å². The van der Waals surface area contributed by atoms with Crippen LogP contribution in [0.2, 0.25) is 5.28 Å². The van der Waals surface area contributed by atoms with Gasteiger partial charge >= 0.3 is 0 Å². The Morgan fingerprint density at radius 3 is 1.95 bits per heavy atom. The van der Waals surface area contributed by atoms with Gasteiger partial charge in [0.2, 0.25) is 17.2 Å². The lowest BCUT2D eigenvalue weighted by Gasteiger charge is -2.32. The van der Waals surface area contributed by atoms with Crippen molar-refractivity contribution in [3.05, 3.63) is 5.28 Å². The molecule has 1 heterocycles. The lowest BCUT2D eigenvalue weighted by atomic mass is 9.85. The van der Waals surface area contributed by atoms with Gasteiger partial charge in [-0.1, -0.05) is 6.42 Å². The van der Waals surface area contributed by atoms with E-state index in [-0.39, 0.29) is 5.28 Å². The van der Waals surface area contributed by atoms with Crippen molar-refractivity contribution in [2.24, 2.45) is 5.92 Å². The fraction of sp³-hybridized carbons (Fsp3) is 0.786. The largest absolute Gasteiger partial charge is 0.341 e. The van der Waals surface area contributed by atoms with E-state index in [1.165, 1.54) is 19.3 Å². The molecule has 0 unspecified atom stereocenters. The first-order chi connectivity index (χ1) is 9.67. The molecule has 0 bridgehead atoms. The molecule has 0 saturated heterocycles. The van der Waals surface area contributed by atoms with Crippen molar-refractivity contribution in [3.63, 3.8) is 0 Å². The maximum atomic E-state index is 6.08. The van der Waals surface area contributed by atoms with Gasteiger partial charge in [0.1, 0.15) is 0 Å². The summed E-state index contributed by atoms with van der Waals surface area (Å²) in [5.74, 6) is 2.17. The molecule has 1 aromatic rings. The molecule has 112 valence electrons. The van der Waals surface area contributed by atoms with E-state index in [9.17, 15) is 0 Å². The highest BCUT2D eigenvalue weighted by Crippen LogP contribution is 2.28. The van der Waals surface area contributed by atoms with Gasteiger partial charge in [-0.05, 0) is 51.1 Å². The van der Waals surface area contributed by atoms with Gasteiger partial charge in [-0.2, -0.15) is 15.0 Å². The third-order valence-electron chi connectivity index (χ3n) is 4.00. The Kier molecular flexibility index (Phi) is 5.40. The second-order valence-corrected chi connectivity index (χ2v) is 5.55. The molecule has 1 saturated carbocycles. The van der Waals surface area contributed by atoms with Crippen LogP contribution < -0.4 is 9.80 Å². The Morgan fingerprint density at radius 1 is 0.950 bits per heavy atom. The summed E-state index contributed by atoms with van der Waals surface area (Å²) in [5, 5.41) is 0.281. The summed E-state index contributed by atoms with van der Waals surface area (Å²) in [6.45, 7) is 9.96. The number of hydrogen-bond donors (Lipinski definition) is 0. The Morgan fingerprint density at radius 2 is 1.50 bits per heavy atom. The molecule has 5 nitrogen and oxygen atoms in total. The molecule has 0 aromatic carbocycles. The highest BCUT2D eigenvalue weighted by molar-refractivity contribution is 6.28. The van der Waals surface area contributed by atoms with Gasteiger partial charge < -0.3 is 9.80 Å². The van der Waals surface area contributed by atoms with Crippen LogP contribution in [-0.4, -0.2) is 41.1 Å². The average molecular weight is 298 g/mol. The van der Waals surface area contributed by atoms with Crippen LogP contribution >= 0.6 is 11.6 Å². The number of halogens is 1. The highest BCUT2D eigenvalue weighted by Gasteiger charge is 2.22. The Labute approximate surface area is 126 Å². The first-order valence-electron chi connectivity index (χ1n) is 7.59. The summed E-state index contributed by atoms with van der Waals surface area (Å²) in [6, 6.07) is 0. The average Bonchev–Trinajstić information content (AvgIpc) is 2.38. The maximum Gasteiger partial charge on any atom is 0.231 e. The van der Waals surface area contributed by atoms with Crippen LogP contribution in [0.1, 0.15) is 40.0 Å². The van der Waals surface area contributed by atoms with E-state index >= 15 is 0 Å². The Bertz CT molecular complexity index is 432. The van der Waals surface area contributed by atoms with Gasteiger partial charge in [0.25, 0.3) is 0 Å². The summed E-state index contributed by atoms with van der Waals surface area (Å²) in [4.78, 5) is 17.5. The normalized spacial score (nSPS) is 15.0. The first-order valence-corrected chi connectivity index (χ1v) is 7.97. The smallest absolute Gasteiger partial charge is 0.231 e.